The Morgan fingerprint density at radius 3 is 2.25 bits per heavy atom. The van der Waals surface area contributed by atoms with Gasteiger partial charge in [0, 0.05) is 6.92 Å². The number of rotatable bonds is 4. The molecule has 4 heteroatoms. The molecule has 0 saturated heterocycles. The number of nitrogens with one attached hydrogen (secondary N) is 1. The molecule has 0 bridgehead atoms. The molecule has 0 aliphatic heterocycles. The molecule has 12 heavy (non-hydrogen) atoms. The molecule has 0 aliphatic rings. The number of carboxylic acids is 1. The molecule has 0 spiro atoms. The lowest BCUT2D eigenvalue weighted by Gasteiger charge is -2.18. The molecule has 0 fully saturated rings. The van der Waals surface area contributed by atoms with Gasteiger partial charge in [-0.05, 0) is 13.3 Å². The topological polar surface area (TPSA) is 69.2 Å². The van der Waals surface area contributed by atoms with Crippen LogP contribution in [0.5, 0.6) is 0 Å². The van der Waals surface area contributed by atoms with E-state index in [1.807, 2.05) is 0 Å². The fourth-order valence-corrected chi connectivity index (χ4v) is 0.787. The second kappa shape index (κ2) is 4.54. The molecule has 0 heterocycles. The summed E-state index contributed by atoms with van der Waals surface area (Å²) in [4.78, 5) is 20.9. The Balaban J connectivity index is 4.14. The van der Waals surface area contributed by atoms with Crippen molar-refractivity contribution in [3.63, 3.8) is 0 Å². The first-order valence-electron chi connectivity index (χ1n) is 3.56. The average Bonchev–Trinajstić information content (AvgIpc) is 1.83. The van der Waals surface area contributed by atoms with E-state index in [0.29, 0.717) is 5.57 Å². The monoisotopic (exact) mass is 170 g/mol. The Hall–Kier alpha value is -1.32. The number of hydrogen-bond donors (Lipinski definition) is 1. The van der Waals surface area contributed by atoms with Gasteiger partial charge in [-0.25, -0.2) is 0 Å². The fourth-order valence-electron chi connectivity index (χ4n) is 0.787. The van der Waals surface area contributed by atoms with Gasteiger partial charge in [0.15, 0.2) is 0 Å². The number of carbonyl (C=O) groups excluding carboxylic acids is 2. The van der Waals surface area contributed by atoms with Gasteiger partial charge in [0.25, 0.3) is 0 Å². The summed E-state index contributed by atoms with van der Waals surface area (Å²) < 4.78 is 0. The molecular weight excluding hydrogens is 158 g/mol. The number of amides is 1. The largest absolute Gasteiger partial charge is 0.548 e. The van der Waals surface area contributed by atoms with E-state index in [9.17, 15) is 14.7 Å². The molecule has 4 nitrogen and oxygen atoms in total. The summed E-state index contributed by atoms with van der Waals surface area (Å²) in [6, 6.07) is -0.958. The van der Waals surface area contributed by atoms with E-state index >= 15 is 0 Å². The van der Waals surface area contributed by atoms with Crippen molar-refractivity contribution in [1.29, 1.82) is 0 Å². The molecule has 1 N–H and O–H groups in total. The van der Waals surface area contributed by atoms with Gasteiger partial charge in [0.1, 0.15) is 0 Å². The highest BCUT2D eigenvalue weighted by molar-refractivity contribution is 5.81. The maximum Gasteiger partial charge on any atom is 0.217 e. The SMILES string of the molecule is C=C(C)C[C@H](NC(C)=O)C(=O)[O-]. The zero-order chi connectivity index (χ0) is 9.72. The summed E-state index contributed by atoms with van der Waals surface area (Å²) in [5.74, 6) is -1.67. The van der Waals surface area contributed by atoms with Crippen molar-refractivity contribution in [2.24, 2.45) is 0 Å². The predicted molar refractivity (Wildman–Crippen MR) is 42.0 cm³/mol. The lowest BCUT2D eigenvalue weighted by atomic mass is 10.1. The average molecular weight is 170 g/mol. The van der Waals surface area contributed by atoms with Gasteiger partial charge < -0.3 is 15.2 Å². The van der Waals surface area contributed by atoms with E-state index in [2.05, 4.69) is 11.9 Å². The molecule has 0 radical (unpaired) electrons. The highest BCUT2D eigenvalue weighted by Gasteiger charge is 2.10. The van der Waals surface area contributed by atoms with Crippen LogP contribution < -0.4 is 10.4 Å². The minimum atomic E-state index is -1.28. The summed E-state index contributed by atoms with van der Waals surface area (Å²) >= 11 is 0. The molecular formula is C8H12NO3-. The van der Waals surface area contributed by atoms with Crippen LogP contribution in [0.4, 0.5) is 0 Å². The predicted octanol–water partition coefficient (Wildman–Crippen LogP) is -0.793. The van der Waals surface area contributed by atoms with Gasteiger partial charge in [-0.1, -0.05) is 5.57 Å². The van der Waals surface area contributed by atoms with Crippen molar-refractivity contribution in [2.45, 2.75) is 26.3 Å². The maximum absolute atomic E-state index is 10.5. The normalized spacial score (nSPS) is 11.8. The van der Waals surface area contributed by atoms with Crippen LogP contribution in [0.1, 0.15) is 20.3 Å². The lowest BCUT2D eigenvalue weighted by molar-refractivity contribution is -0.308. The van der Waals surface area contributed by atoms with Gasteiger partial charge >= 0.3 is 0 Å². The number of hydrogen-bond acceptors (Lipinski definition) is 3. The van der Waals surface area contributed by atoms with Crippen LogP contribution in [0.25, 0.3) is 0 Å². The molecule has 0 aromatic rings. The van der Waals surface area contributed by atoms with Gasteiger partial charge in [-0.3, -0.25) is 4.79 Å². The van der Waals surface area contributed by atoms with E-state index in [1.165, 1.54) is 6.92 Å². The zero-order valence-corrected chi connectivity index (χ0v) is 7.22. The Morgan fingerprint density at radius 1 is 1.50 bits per heavy atom. The molecule has 0 aliphatic carbocycles. The molecule has 1 atom stereocenters. The Bertz CT molecular complexity index is 194. The van der Waals surface area contributed by atoms with Crippen molar-refractivity contribution in [2.75, 3.05) is 0 Å². The second-order valence-electron chi connectivity index (χ2n) is 2.73. The summed E-state index contributed by atoms with van der Waals surface area (Å²) in [6.45, 7) is 6.49. The standard InChI is InChI=1S/C8H13NO3/c1-5(2)4-7(8(11)12)9-6(3)10/h7H,1,4H2,2-3H3,(H,9,10)(H,11,12)/p-1/t7-/m0/s1. The van der Waals surface area contributed by atoms with Crippen LogP contribution in [0.15, 0.2) is 12.2 Å². The highest BCUT2D eigenvalue weighted by atomic mass is 16.4. The minimum absolute atomic E-state index is 0.210. The first kappa shape index (κ1) is 10.7. The first-order valence-corrected chi connectivity index (χ1v) is 3.56. The number of carbonyl (C=O) groups is 2. The third-order valence-electron chi connectivity index (χ3n) is 1.21. The lowest BCUT2D eigenvalue weighted by Crippen LogP contribution is -2.47. The smallest absolute Gasteiger partial charge is 0.217 e. The van der Waals surface area contributed by atoms with E-state index in [-0.39, 0.29) is 12.3 Å². The summed E-state index contributed by atoms with van der Waals surface area (Å²) in [6.07, 6.45) is 0.210. The molecule has 0 saturated carbocycles. The molecule has 0 rings (SSSR count). The highest BCUT2D eigenvalue weighted by Crippen LogP contribution is 2.00. The number of aliphatic carboxylic acids is 1. The summed E-state index contributed by atoms with van der Waals surface area (Å²) in [5.41, 5.74) is 0.693. The minimum Gasteiger partial charge on any atom is -0.548 e. The van der Waals surface area contributed by atoms with Crippen LogP contribution in [0.3, 0.4) is 0 Å². The quantitative estimate of drug-likeness (QED) is 0.562. The van der Waals surface area contributed by atoms with Gasteiger partial charge in [0.2, 0.25) is 5.91 Å². The van der Waals surface area contributed by atoms with E-state index in [4.69, 9.17) is 0 Å². The van der Waals surface area contributed by atoms with Gasteiger partial charge in [0.05, 0.1) is 12.0 Å². The number of carboxylic acid groups (broad SMARTS) is 1. The Morgan fingerprint density at radius 2 is 2.00 bits per heavy atom. The van der Waals surface area contributed by atoms with Crippen LogP contribution >= 0.6 is 0 Å². The zero-order valence-electron chi connectivity index (χ0n) is 7.22. The van der Waals surface area contributed by atoms with Crippen molar-refractivity contribution < 1.29 is 14.7 Å². The van der Waals surface area contributed by atoms with Crippen LogP contribution in [-0.4, -0.2) is 17.9 Å². The molecule has 68 valence electrons. The van der Waals surface area contributed by atoms with Crippen LogP contribution in [0, 0.1) is 0 Å². The van der Waals surface area contributed by atoms with E-state index in [0.717, 1.165) is 0 Å². The van der Waals surface area contributed by atoms with Crippen molar-refractivity contribution >= 4 is 11.9 Å². The third kappa shape index (κ3) is 4.49. The third-order valence-corrected chi connectivity index (χ3v) is 1.21. The Kier molecular flexibility index (Phi) is 4.04. The molecule has 1 amide bonds. The van der Waals surface area contributed by atoms with Gasteiger partial charge in [-0.15, -0.1) is 6.58 Å². The summed E-state index contributed by atoms with van der Waals surface area (Å²) in [5, 5.41) is 12.7. The van der Waals surface area contributed by atoms with Crippen molar-refractivity contribution in [3.8, 4) is 0 Å². The van der Waals surface area contributed by atoms with Crippen LogP contribution in [-0.2, 0) is 9.59 Å². The molecule has 0 unspecified atom stereocenters. The van der Waals surface area contributed by atoms with Crippen molar-refractivity contribution in [1.82, 2.24) is 5.32 Å². The summed E-state index contributed by atoms with van der Waals surface area (Å²) in [7, 11) is 0. The molecule has 0 aromatic carbocycles. The van der Waals surface area contributed by atoms with Crippen LogP contribution in [0.2, 0.25) is 0 Å². The Labute approximate surface area is 71.3 Å². The first-order chi connectivity index (χ1) is 5.43. The van der Waals surface area contributed by atoms with E-state index in [1.54, 1.807) is 6.92 Å². The van der Waals surface area contributed by atoms with Crippen molar-refractivity contribution in [3.05, 3.63) is 12.2 Å². The maximum atomic E-state index is 10.5. The van der Waals surface area contributed by atoms with Gasteiger partial charge in [-0.2, -0.15) is 0 Å². The van der Waals surface area contributed by atoms with E-state index < -0.39 is 12.0 Å². The fraction of sp³-hybridized carbons (Fsp3) is 0.500. The second-order valence-corrected chi connectivity index (χ2v) is 2.73. The molecule has 0 aromatic heterocycles.